The molecule has 1 aromatic carbocycles. The molecule has 0 N–H and O–H groups in total. The van der Waals surface area contributed by atoms with Gasteiger partial charge in [-0.15, -0.1) is 0 Å². The monoisotopic (exact) mass is 383 g/mol. The Morgan fingerprint density at radius 2 is 1.54 bits per heavy atom. The van der Waals surface area contributed by atoms with Gasteiger partial charge in [0.1, 0.15) is 0 Å². The van der Waals surface area contributed by atoms with Gasteiger partial charge in [0, 0.05) is 24.7 Å². The highest BCUT2D eigenvalue weighted by molar-refractivity contribution is 5.32. The van der Waals surface area contributed by atoms with Gasteiger partial charge in [0.25, 0.3) is 0 Å². The van der Waals surface area contributed by atoms with Gasteiger partial charge in [-0.05, 0) is 72.5 Å². The lowest BCUT2D eigenvalue weighted by atomic mass is 9.75. The molecule has 1 saturated carbocycles. The zero-order valence-electron chi connectivity index (χ0n) is 18.8. The van der Waals surface area contributed by atoms with E-state index >= 15 is 0 Å². The summed E-state index contributed by atoms with van der Waals surface area (Å²) in [7, 11) is 2.26. The fourth-order valence-corrected chi connectivity index (χ4v) is 4.85. The molecule has 3 nitrogen and oxygen atoms in total. The van der Waals surface area contributed by atoms with Gasteiger partial charge in [0.15, 0.2) is 0 Å². The van der Waals surface area contributed by atoms with Crippen molar-refractivity contribution in [2.75, 3.05) is 20.1 Å². The maximum absolute atomic E-state index is 10.4. The number of nitriles is 1. The average molecular weight is 384 g/mol. The number of rotatable bonds is 10. The van der Waals surface area contributed by atoms with Crippen molar-refractivity contribution in [1.29, 1.82) is 5.26 Å². The molecule has 156 valence electrons. The summed E-state index contributed by atoms with van der Waals surface area (Å²) in [5, 5.41) is 10.4. The van der Waals surface area contributed by atoms with Crippen molar-refractivity contribution in [2.24, 2.45) is 0 Å². The van der Waals surface area contributed by atoms with Crippen molar-refractivity contribution in [2.45, 2.75) is 96.2 Å². The molecule has 0 radical (unpaired) electrons. The minimum atomic E-state index is -0.410. The van der Waals surface area contributed by atoms with E-state index in [-0.39, 0.29) is 0 Å². The van der Waals surface area contributed by atoms with Crippen LogP contribution >= 0.6 is 0 Å². The molecule has 0 heterocycles. The maximum atomic E-state index is 10.4. The zero-order valence-corrected chi connectivity index (χ0v) is 18.8. The van der Waals surface area contributed by atoms with Crippen LogP contribution in [0.1, 0.15) is 78.2 Å². The summed E-state index contributed by atoms with van der Waals surface area (Å²) in [6, 6.07) is 15.0. The van der Waals surface area contributed by atoms with Crippen LogP contribution in [0.3, 0.4) is 0 Å². The van der Waals surface area contributed by atoms with Crippen molar-refractivity contribution in [3.05, 3.63) is 35.9 Å². The van der Waals surface area contributed by atoms with Gasteiger partial charge in [0.05, 0.1) is 11.5 Å². The van der Waals surface area contributed by atoms with Crippen molar-refractivity contribution in [3.63, 3.8) is 0 Å². The first-order chi connectivity index (χ1) is 13.4. The molecule has 1 unspecified atom stereocenters. The van der Waals surface area contributed by atoms with Crippen LogP contribution in [0.25, 0.3) is 0 Å². The van der Waals surface area contributed by atoms with Crippen LogP contribution in [0, 0.1) is 11.3 Å². The second-order valence-electron chi connectivity index (χ2n) is 9.26. The zero-order chi connectivity index (χ0) is 20.6. The Morgan fingerprint density at radius 3 is 2.07 bits per heavy atom. The van der Waals surface area contributed by atoms with Crippen molar-refractivity contribution < 1.29 is 0 Å². The van der Waals surface area contributed by atoms with Crippen molar-refractivity contribution in [1.82, 2.24) is 9.80 Å². The summed E-state index contributed by atoms with van der Waals surface area (Å²) in [5.74, 6) is 0. The van der Waals surface area contributed by atoms with Crippen LogP contribution in [-0.4, -0.2) is 48.1 Å². The van der Waals surface area contributed by atoms with E-state index in [0.29, 0.717) is 18.1 Å². The third-order valence-electron chi connectivity index (χ3n) is 6.75. The molecule has 3 heteroatoms. The smallest absolute Gasteiger partial charge is 0.0846 e. The van der Waals surface area contributed by atoms with Crippen LogP contribution in [0.5, 0.6) is 0 Å². The van der Waals surface area contributed by atoms with E-state index in [1.807, 2.05) is 6.07 Å². The fourth-order valence-electron chi connectivity index (χ4n) is 4.85. The second kappa shape index (κ2) is 11.0. The van der Waals surface area contributed by atoms with Crippen molar-refractivity contribution >= 4 is 0 Å². The van der Waals surface area contributed by atoms with E-state index < -0.39 is 5.41 Å². The number of benzene rings is 1. The molecule has 1 atom stereocenters. The Morgan fingerprint density at radius 1 is 0.964 bits per heavy atom. The third kappa shape index (κ3) is 6.06. The normalized spacial score (nSPS) is 18.0. The molecular formula is C25H41N3. The molecule has 1 fully saturated rings. The van der Waals surface area contributed by atoms with Crippen LogP contribution < -0.4 is 0 Å². The number of hydrogen-bond acceptors (Lipinski definition) is 3. The lowest BCUT2D eigenvalue weighted by molar-refractivity contribution is 0.150. The SMILES string of the molecule is CC(C)N(CCC(C#N)(CCN(C)C1CCCCC1)c1ccccc1)C(C)C. The van der Waals surface area contributed by atoms with Gasteiger partial charge in [-0.25, -0.2) is 0 Å². The van der Waals surface area contributed by atoms with Gasteiger partial charge >= 0.3 is 0 Å². The van der Waals surface area contributed by atoms with E-state index in [2.05, 4.69) is 74.9 Å². The molecule has 0 spiro atoms. The van der Waals surface area contributed by atoms with E-state index in [1.54, 1.807) is 0 Å². The summed E-state index contributed by atoms with van der Waals surface area (Å²) >= 11 is 0. The molecule has 0 aromatic heterocycles. The number of hydrogen-bond donors (Lipinski definition) is 0. The summed E-state index contributed by atoms with van der Waals surface area (Å²) in [6.07, 6.45) is 8.53. The molecule has 0 saturated heterocycles. The highest BCUT2D eigenvalue weighted by Crippen LogP contribution is 2.33. The van der Waals surface area contributed by atoms with Gasteiger partial charge in [0.2, 0.25) is 0 Å². The van der Waals surface area contributed by atoms with Crippen molar-refractivity contribution in [3.8, 4) is 6.07 Å². The van der Waals surface area contributed by atoms with Crippen LogP contribution in [0.4, 0.5) is 0 Å². The fraction of sp³-hybridized carbons (Fsp3) is 0.720. The topological polar surface area (TPSA) is 30.3 Å². The van der Waals surface area contributed by atoms with E-state index in [4.69, 9.17) is 0 Å². The van der Waals surface area contributed by atoms with Gasteiger partial charge in [-0.2, -0.15) is 5.26 Å². The Labute approximate surface area is 173 Å². The lowest BCUT2D eigenvalue weighted by Crippen LogP contribution is -2.42. The molecule has 0 aliphatic heterocycles. The standard InChI is InChI=1S/C25H41N3/c1-21(2)28(22(3)4)19-17-25(20-26,23-12-8-6-9-13-23)16-18-27(5)24-14-10-7-11-15-24/h6,8-9,12-13,21-22,24H,7,10-11,14-19H2,1-5H3. The molecule has 1 aromatic rings. The van der Waals surface area contributed by atoms with E-state index in [1.165, 1.54) is 37.7 Å². The molecule has 0 amide bonds. The van der Waals surface area contributed by atoms with E-state index in [0.717, 1.165) is 25.9 Å². The van der Waals surface area contributed by atoms with Gasteiger partial charge in [-0.3, -0.25) is 4.90 Å². The molecule has 1 aliphatic carbocycles. The Bertz CT molecular complexity index is 590. The minimum absolute atomic E-state index is 0.410. The first kappa shape index (κ1) is 22.9. The minimum Gasteiger partial charge on any atom is -0.303 e. The highest BCUT2D eigenvalue weighted by Gasteiger charge is 2.34. The molecule has 2 rings (SSSR count). The predicted octanol–water partition coefficient (Wildman–Crippen LogP) is 5.61. The molecule has 1 aliphatic rings. The Balaban J connectivity index is 2.15. The third-order valence-corrected chi connectivity index (χ3v) is 6.75. The average Bonchev–Trinajstić information content (AvgIpc) is 2.71. The van der Waals surface area contributed by atoms with Gasteiger partial charge < -0.3 is 4.90 Å². The molecule has 28 heavy (non-hydrogen) atoms. The van der Waals surface area contributed by atoms with Crippen LogP contribution in [0.2, 0.25) is 0 Å². The first-order valence-electron chi connectivity index (χ1n) is 11.3. The largest absolute Gasteiger partial charge is 0.303 e. The van der Waals surface area contributed by atoms with Crippen LogP contribution in [-0.2, 0) is 5.41 Å². The predicted molar refractivity (Wildman–Crippen MR) is 119 cm³/mol. The maximum Gasteiger partial charge on any atom is 0.0846 e. The van der Waals surface area contributed by atoms with E-state index in [9.17, 15) is 5.26 Å². The summed E-state index contributed by atoms with van der Waals surface area (Å²) in [4.78, 5) is 5.04. The Hall–Kier alpha value is -1.37. The van der Waals surface area contributed by atoms with Gasteiger partial charge in [-0.1, -0.05) is 49.6 Å². The number of nitrogens with zero attached hydrogens (tertiary/aromatic N) is 3. The second-order valence-corrected chi connectivity index (χ2v) is 9.26. The molecule has 0 bridgehead atoms. The summed E-state index contributed by atoms with van der Waals surface area (Å²) in [6.45, 7) is 11.0. The van der Waals surface area contributed by atoms with Crippen LogP contribution in [0.15, 0.2) is 30.3 Å². The summed E-state index contributed by atoms with van der Waals surface area (Å²) in [5.41, 5.74) is 0.772. The lowest BCUT2D eigenvalue weighted by Gasteiger charge is -2.37. The Kier molecular flexibility index (Phi) is 8.99. The molecular weight excluding hydrogens is 342 g/mol. The highest BCUT2D eigenvalue weighted by atomic mass is 15.2. The quantitative estimate of drug-likeness (QED) is 0.526. The summed E-state index contributed by atoms with van der Waals surface area (Å²) < 4.78 is 0. The first-order valence-corrected chi connectivity index (χ1v) is 11.3.